The van der Waals surface area contributed by atoms with Gasteiger partial charge in [-0.2, -0.15) is 0 Å². The molecule has 4 atom stereocenters. The van der Waals surface area contributed by atoms with Crippen LogP contribution in [0.4, 0.5) is 4.79 Å². The van der Waals surface area contributed by atoms with E-state index in [1.54, 1.807) is 21.3 Å². The highest BCUT2D eigenvalue weighted by Gasteiger charge is 2.43. The summed E-state index contributed by atoms with van der Waals surface area (Å²) < 4.78 is 16.9. The SMILES string of the molecule is COC1CC(C(=O)N(CCC(=O)O)CC(=O)N(CCC(C)C)CC(=O)C(C)(C)NC2CCC(NC(=O)NC3CCCCC3C)CC2)CC(OC)C1OC. The number of methoxy groups -OCH3 is 3. The van der Waals surface area contributed by atoms with Crippen molar-refractivity contribution in [1.29, 1.82) is 0 Å². The number of ether oxygens (including phenoxy) is 3. The van der Waals surface area contributed by atoms with Gasteiger partial charge in [0.2, 0.25) is 11.8 Å². The van der Waals surface area contributed by atoms with Gasteiger partial charge in [-0.05, 0) is 83.5 Å². The zero-order chi connectivity index (χ0) is 39.3. The Kier molecular flexibility index (Phi) is 17.9. The molecule has 0 aromatic carbocycles. The molecule has 14 heteroatoms. The Balaban J connectivity index is 1.62. The van der Waals surface area contributed by atoms with E-state index in [2.05, 4.69) is 22.9 Å². The Morgan fingerprint density at radius 2 is 1.40 bits per heavy atom. The Hall–Kier alpha value is -2.81. The zero-order valence-electron chi connectivity index (χ0n) is 33.6. The standard InChI is InChI=1S/C39H69N5O9/c1-25(2)17-19-43(34(46)24-44(20-18-35(47)48)37(49)27-21-31(51-6)36(53-8)32(22-27)52-7)23-33(45)39(4,5)42-29-15-13-28(14-16-29)40-38(50)41-30-12-10-9-11-26(30)3/h25-32,36,42H,9-24H2,1-8H3,(H,47,48)(H2,40,41,50). The predicted octanol–water partition coefficient (Wildman–Crippen LogP) is 3.75. The number of carboxylic acid groups (broad SMARTS) is 1. The van der Waals surface area contributed by atoms with Crippen LogP contribution in [-0.2, 0) is 33.4 Å². The van der Waals surface area contributed by atoms with Gasteiger partial charge in [0.15, 0.2) is 5.78 Å². The second-order valence-electron chi connectivity index (χ2n) is 16.5. The molecular weight excluding hydrogens is 682 g/mol. The van der Waals surface area contributed by atoms with Crippen molar-refractivity contribution in [2.24, 2.45) is 17.8 Å². The van der Waals surface area contributed by atoms with Gasteiger partial charge in [0.05, 0.1) is 37.3 Å². The summed E-state index contributed by atoms with van der Waals surface area (Å²) in [7, 11) is 4.66. The molecule has 3 aliphatic carbocycles. The zero-order valence-corrected chi connectivity index (χ0v) is 33.6. The van der Waals surface area contributed by atoms with E-state index in [0.29, 0.717) is 31.7 Å². The second-order valence-corrected chi connectivity index (χ2v) is 16.5. The van der Waals surface area contributed by atoms with Crippen LogP contribution in [-0.4, -0.2) is 134 Å². The van der Waals surface area contributed by atoms with Gasteiger partial charge in [0.25, 0.3) is 0 Å². The van der Waals surface area contributed by atoms with Crippen LogP contribution >= 0.6 is 0 Å². The summed E-state index contributed by atoms with van der Waals surface area (Å²) >= 11 is 0. The van der Waals surface area contributed by atoms with E-state index >= 15 is 0 Å². The minimum Gasteiger partial charge on any atom is -0.481 e. The molecular formula is C39H69N5O9. The van der Waals surface area contributed by atoms with Crippen LogP contribution in [0, 0.1) is 17.8 Å². The van der Waals surface area contributed by atoms with Gasteiger partial charge >= 0.3 is 12.0 Å². The third-order valence-corrected chi connectivity index (χ3v) is 11.6. The highest BCUT2D eigenvalue weighted by Crippen LogP contribution is 2.32. The molecule has 4 N–H and O–H groups in total. The van der Waals surface area contributed by atoms with Crippen LogP contribution in [0.25, 0.3) is 0 Å². The van der Waals surface area contributed by atoms with E-state index < -0.39 is 35.5 Å². The summed E-state index contributed by atoms with van der Waals surface area (Å²) in [6.07, 6.45) is 7.57. The van der Waals surface area contributed by atoms with E-state index in [4.69, 9.17) is 14.2 Å². The first-order valence-corrected chi connectivity index (χ1v) is 19.8. The molecule has 3 fully saturated rings. The summed E-state index contributed by atoms with van der Waals surface area (Å²) in [5, 5.41) is 19.3. The molecule has 3 aliphatic rings. The fraction of sp³-hybridized carbons (Fsp3) is 0.872. The van der Waals surface area contributed by atoms with E-state index in [1.807, 2.05) is 27.7 Å². The number of nitrogens with one attached hydrogen (secondary N) is 3. The molecule has 4 unspecified atom stereocenters. The van der Waals surface area contributed by atoms with Crippen molar-refractivity contribution in [3.63, 3.8) is 0 Å². The number of hydrogen-bond acceptors (Lipinski definition) is 9. The Labute approximate surface area is 317 Å². The predicted molar refractivity (Wildman–Crippen MR) is 201 cm³/mol. The maximum absolute atomic E-state index is 14.0. The van der Waals surface area contributed by atoms with Gasteiger partial charge in [-0.1, -0.05) is 33.6 Å². The quantitative estimate of drug-likeness (QED) is 0.152. The van der Waals surface area contributed by atoms with Gasteiger partial charge in [-0.25, -0.2) is 4.79 Å². The smallest absolute Gasteiger partial charge is 0.315 e. The highest BCUT2D eigenvalue weighted by atomic mass is 16.6. The second kappa shape index (κ2) is 21.3. The van der Waals surface area contributed by atoms with Crippen LogP contribution in [0.15, 0.2) is 0 Å². The fourth-order valence-electron chi connectivity index (χ4n) is 8.13. The minimum atomic E-state index is -1.08. The van der Waals surface area contributed by atoms with Gasteiger partial charge in [-0.3, -0.25) is 19.2 Å². The van der Waals surface area contributed by atoms with Crippen LogP contribution < -0.4 is 16.0 Å². The first-order chi connectivity index (χ1) is 25.1. The molecule has 304 valence electrons. The summed E-state index contributed by atoms with van der Waals surface area (Å²) in [6, 6.07) is 0.291. The number of aliphatic carboxylic acids is 1. The minimum absolute atomic E-state index is 0.0810. The molecule has 0 heterocycles. The molecule has 0 aromatic heterocycles. The van der Waals surface area contributed by atoms with Crippen molar-refractivity contribution in [3.8, 4) is 0 Å². The van der Waals surface area contributed by atoms with Crippen molar-refractivity contribution in [2.75, 3.05) is 47.5 Å². The van der Waals surface area contributed by atoms with Crippen molar-refractivity contribution in [1.82, 2.24) is 25.8 Å². The van der Waals surface area contributed by atoms with Crippen molar-refractivity contribution < 1.29 is 43.3 Å². The van der Waals surface area contributed by atoms with Crippen LogP contribution in [0.2, 0.25) is 0 Å². The van der Waals surface area contributed by atoms with Gasteiger partial charge in [-0.15, -0.1) is 0 Å². The summed E-state index contributed by atoms with van der Waals surface area (Å²) in [6.45, 7) is 9.66. The average Bonchev–Trinajstić information content (AvgIpc) is 3.11. The number of carboxylic acids is 1. The average molecular weight is 752 g/mol. The third kappa shape index (κ3) is 13.8. The number of ketones is 1. The lowest BCUT2D eigenvalue weighted by atomic mass is 9.82. The molecule has 0 spiro atoms. The lowest BCUT2D eigenvalue weighted by Crippen LogP contribution is -2.57. The number of amides is 4. The molecule has 0 aromatic rings. The molecule has 0 bridgehead atoms. The molecule has 4 amide bonds. The molecule has 14 nitrogen and oxygen atoms in total. The largest absolute Gasteiger partial charge is 0.481 e. The summed E-state index contributed by atoms with van der Waals surface area (Å²) in [4.78, 5) is 68.9. The lowest BCUT2D eigenvalue weighted by Gasteiger charge is -2.40. The van der Waals surface area contributed by atoms with Gasteiger partial charge in [0.1, 0.15) is 6.10 Å². The van der Waals surface area contributed by atoms with Crippen LogP contribution in [0.3, 0.4) is 0 Å². The number of nitrogens with zero attached hydrogens (tertiary/aromatic N) is 2. The van der Waals surface area contributed by atoms with Crippen LogP contribution in [0.1, 0.15) is 112 Å². The summed E-state index contributed by atoms with van der Waals surface area (Å²) in [5.74, 6) is -1.79. The third-order valence-electron chi connectivity index (χ3n) is 11.6. The van der Waals surface area contributed by atoms with Crippen molar-refractivity contribution >= 4 is 29.6 Å². The van der Waals surface area contributed by atoms with Crippen LogP contribution in [0.5, 0.6) is 0 Å². The van der Waals surface area contributed by atoms with Gasteiger partial charge in [0, 0.05) is 58.5 Å². The van der Waals surface area contributed by atoms with Crippen molar-refractivity contribution in [2.45, 2.75) is 154 Å². The molecule has 3 rings (SSSR count). The van der Waals surface area contributed by atoms with E-state index in [1.165, 1.54) is 16.2 Å². The highest BCUT2D eigenvalue weighted by molar-refractivity contribution is 5.93. The Morgan fingerprint density at radius 1 is 0.792 bits per heavy atom. The molecule has 0 aliphatic heterocycles. The number of carbonyl (C=O) groups is 5. The molecule has 0 radical (unpaired) electrons. The molecule has 53 heavy (non-hydrogen) atoms. The lowest BCUT2D eigenvalue weighted by molar-refractivity contribution is -0.161. The fourth-order valence-corrected chi connectivity index (χ4v) is 8.13. The molecule has 3 saturated carbocycles. The number of rotatable bonds is 19. The Morgan fingerprint density at radius 3 is 1.94 bits per heavy atom. The number of urea groups is 1. The maximum Gasteiger partial charge on any atom is 0.315 e. The van der Waals surface area contributed by atoms with E-state index in [0.717, 1.165) is 44.9 Å². The van der Waals surface area contributed by atoms with Crippen molar-refractivity contribution in [3.05, 3.63) is 0 Å². The first kappa shape index (κ1) is 44.6. The monoisotopic (exact) mass is 752 g/mol. The van der Waals surface area contributed by atoms with E-state index in [-0.39, 0.29) is 73.9 Å². The maximum atomic E-state index is 14.0. The molecule has 0 saturated heterocycles. The number of Topliss-reactive ketones (excluding diaryl/α,β-unsaturated/α-hetero) is 1. The summed E-state index contributed by atoms with van der Waals surface area (Å²) in [5.41, 5.74) is -0.932. The van der Waals surface area contributed by atoms with E-state index in [9.17, 15) is 29.1 Å². The Bertz CT molecular complexity index is 1190. The normalized spacial score (nSPS) is 27.9. The van der Waals surface area contributed by atoms with Gasteiger partial charge < -0.3 is 45.1 Å². The number of hydrogen-bond donors (Lipinski definition) is 4. The topological polar surface area (TPSA) is 176 Å². The first-order valence-electron chi connectivity index (χ1n) is 19.8. The number of carbonyl (C=O) groups excluding carboxylic acids is 4.